The van der Waals surface area contributed by atoms with Gasteiger partial charge in [0.25, 0.3) is 0 Å². The van der Waals surface area contributed by atoms with Crippen molar-refractivity contribution in [3.8, 4) is 0 Å². The van der Waals surface area contributed by atoms with Gasteiger partial charge in [0.05, 0.1) is 18.1 Å². The molecule has 10 heteroatoms. The molecule has 114 valence electrons. The summed E-state index contributed by atoms with van der Waals surface area (Å²) in [5.74, 6) is 0.184. The highest BCUT2D eigenvalue weighted by atomic mass is 32.1. The van der Waals surface area contributed by atoms with Gasteiger partial charge in [-0.2, -0.15) is 5.01 Å². The second-order valence-corrected chi connectivity index (χ2v) is 5.53. The van der Waals surface area contributed by atoms with Gasteiger partial charge < -0.3 is 10.6 Å². The van der Waals surface area contributed by atoms with Gasteiger partial charge in [0.15, 0.2) is 11.6 Å². The third kappa shape index (κ3) is 2.44. The molecule has 0 spiro atoms. The van der Waals surface area contributed by atoms with Crippen LogP contribution in [0.2, 0.25) is 0 Å². The number of hydrogen-bond donors (Lipinski definition) is 3. The molecule has 3 N–H and O–H groups in total. The first kappa shape index (κ1) is 14.2. The SMILES string of the molecule is CN1N=NC2=C(C(=N)NCC(=O)c3cccs3)NCN2C1=O. The molecule has 2 aliphatic heterocycles. The third-order valence-corrected chi connectivity index (χ3v) is 4.06. The monoisotopic (exact) mass is 319 g/mol. The summed E-state index contributed by atoms with van der Waals surface area (Å²) in [5.41, 5.74) is 0.351. The first-order valence-electron chi connectivity index (χ1n) is 6.42. The quantitative estimate of drug-likeness (QED) is 0.436. The van der Waals surface area contributed by atoms with Crippen molar-refractivity contribution in [1.82, 2.24) is 20.5 Å². The fourth-order valence-corrected chi connectivity index (χ4v) is 2.68. The van der Waals surface area contributed by atoms with Crippen LogP contribution >= 0.6 is 11.3 Å². The maximum atomic E-state index is 11.9. The van der Waals surface area contributed by atoms with Crippen LogP contribution in [0.5, 0.6) is 0 Å². The first-order valence-corrected chi connectivity index (χ1v) is 7.30. The number of hydrogen-bond acceptors (Lipinski definition) is 7. The molecule has 0 bridgehead atoms. The second kappa shape index (κ2) is 5.56. The molecular weight excluding hydrogens is 306 g/mol. The Balaban J connectivity index is 1.69. The normalized spacial score (nSPS) is 16.7. The molecule has 0 aliphatic carbocycles. The minimum Gasteiger partial charge on any atom is -0.361 e. The highest BCUT2D eigenvalue weighted by molar-refractivity contribution is 7.12. The van der Waals surface area contributed by atoms with Crippen LogP contribution in [0.1, 0.15) is 9.67 Å². The Bertz CT molecular complexity index is 694. The number of thiophene rings is 1. The van der Waals surface area contributed by atoms with E-state index in [-0.39, 0.29) is 36.7 Å². The molecule has 1 aromatic rings. The lowest BCUT2D eigenvalue weighted by Gasteiger charge is -2.23. The number of carbonyl (C=O) groups is 2. The maximum Gasteiger partial charge on any atom is 0.348 e. The molecule has 22 heavy (non-hydrogen) atoms. The number of rotatable bonds is 4. The van der Waals surface area contributed by atoms with Crippen molar-refractivity contribution in [3.63, 3.8) is 0 Å². The van der Waals surface area contributed by atoms with Crippen LogP contribution in [0, 0.1) is 5.41 Å². The summed E-state index contributed by atoms with van der Waals surface area (Å²) >= 11 is 1.35. The number of amidine groups is 1. The number of urea groups is 1. The van der Waals surface area contributed by atoms with Crippen molar-refractivity contribution >= 4 is 29.0 Å². The van der Waals surface area contributed by atoms with E-state index in [1.807, 2.05) is 5.38 Å². The van der Waals surface area contributed by atoms with Gasteiger partial charge in [0.2, 0.25) is 0 Å². The van der Waals surface area contributed by atoms with Gasteiger partial charge in [-0.3, -0.25) is 15.1 Å². The number of Topliss-reactive ketones (excluding diaryl/α,β-unsaturated/α-hetero) is 1. The van der Waals surface area contributed by atoms with Crippen LogP contribution < -0.4 is 10.6 Å². The van der Waals surface area contributed by atoms with E-state index in [9.17, 15) is 9.59 Å². The molecule has 9 nitrogen and oxygen atoms in total. The van der Waals surface area contributed by atoms with Gasteiger partial charge in [0, 0.05) is 7.05 Å². The van der Waals surface area contributed by atoms with Crippen LogP contribution in [0.3, 0.4) is 0 Å². The van der Waals surface area contributed by atoms with Crippen LogP contribution in [0.15, 0.2) is 39.4 Å². The molecule has 0 aromatic carbocycles. The van der Waals surface area contributed by atoms with Crippen molar-refractivity contribution < 1.29 is 9.59 Å². The molecular formula is C12H13N7O2S. The van der Waals surface area contributed by atoms with Gasteiger partial charge in [-0.15, -0.1) is 16.5 Å². The highest BCUT2D eigenvalue weighted by Crippen LogP contribution is 2.22. The van der Waals surface area contributed by atoms with E-state index >= 15 is 0 Å². The summed E-state index contributed by atoms with van der Waals surface area (Å²) in [6.45, 7) is 0.221. The fourth-order valence-electron chi connectivity index (χ4n) is 2.01. The smallest absolute Gasteiger partial charge is 0.348 e. The zero-order valence-corrected chi connectivity index (χ0v) is 12.5. The van der Waals surface area contributed by atoms with E-state index in [0.717, 1.165) is 5.01 Å². The number of ketones is 1. The van der Waals surface area contributed by atoms with Gasteiger partial charge >= 0.3 is 6.03 Å². The lowest BCUT2D eigenvalue weighted by Crippen LogP contribution is -2.40. The highest BCUT2D eigenvalue weighted by Gasteiger charge is 2.34. The summed E-state index contributed by atoms with van der Waals surface area (Å²) in [6, 6.07) is 3.21. The van der Waals surface area contributed by atoms with E-state index in [4.69, 9.17) is 5.41 Å². The van der Waals surface area contributed by atoms with E-state index in [1.54, 1.807) is 12.1 Å². The van der Waals surface area contributed by atoms with Crippen molar-refractivity contribution in [2.24, 2.45) is 10.3 Å². The van der Waals surface area contributed by atoms with E-state index in [2.05, 4.69) is 21.0 Å². The molecule has 1 aromatic heterocycles. The van der Waals surface area contributed by atoms with Crippen LogP contribution in [0.25, 0.3) is 0 Å². The van der Waals surface area contributed by atoms with Crippen LogP contribution in [0.4, 0.5) is 4.79 Å². The number of carbonyl (C=O) groups excluding carboxylic acids is 2. The van der Waals surface area contributed by atoms with Crippen molar-refractivity contribution in [3.05, 3.63) is 33.9 Å². The maximum absolute atomic E-state index is 11.9. The Kier molecular flexibility index (Phi) is 3.59. The topological polar surface area (TPSA) is 113 Å². The number of fused-ring (bicyclic) bond motifs is 1. The molecule has 0 fully saturated rings. The van der Waals surface area contributed by atoms with Crippen molar-refractivity contribution in [1.29, 1.82) is 5.41 Å². The zero-order chi connectivity index (χ0) is 15.7. The Morgan fingerprint density at radius 1 is 1.59 bits per heavy atom. The standard InChI is InChI=1S/C12H13N7O2S/c1-18-12(21)19-6-15-9(11(19)16-17-18)10(13)14-5-7(20)8-3-2-4-22-8/h2-4,15H,5-6H2,1H3,(H2,13,14). The van der Waals surface area contributed by atoms with E-state index in [0.29, 0.717) is 10.6 Å². The molecule has 0 radical (unpaired) electrons. The van der Waals surface area contributed by atoms with E-state index < -0.39 is 0 Å². The summed E-state index contributed by atoms with van der Waals surface area (Å²) < 4.78 is 0. The molecule has 0 saturated heterocycles. The average molecular weight is 319 g/mol. The molecule has 2 amide bonds. The largest absolute Gasteiger partial charge is 0.361 e. The molecule has 0 atom stereocenters. The number of amides is 2. The Morgan fingerprint density at radius 3 is 3.14 bits per heavy atom. The van der Waals surface area contributed by atoms with Crippen molar-refractivity contribution in [2.45, 2.75) is 0 Å². The fraction of sp³-hybridized carbons (Fsp3) is 0.250. The molecule has 0 unspecified atom stereocenters. The molecule has 2 aliphatic rings. The predicted molar refractivity (Wildman–Crippen MR) is 79.3 cm³/mol. The van der Waals surface area contributed by atoms with E-state index in [1.165, 1.54) is 23.3 Å². The van der Waals surface area contributed by atoms with Crippen LogP contribution in [-0.2, 0) is 0 Å². The van der Waals surface area contributed by atoms with Gasteiger partial charge in [-0.05, 0) is 11.4 Å². The first-order chi connectivity index (χ1) is 10.6. The Hall–Kier alpha value is -2.75. The summed E-state index contributed by atoms with van der Waals surface area (Å²) in [7, 11) is 1.50. The minimum absolute atomic E-state index is 0.00120. The second-order valence-electron chi connectivity index (χ2n) is 4.59. The molecule has 0 saturated carbocycles. The zero-order valence-electron chi connectivity index (χ0n) is 11.7. The van der Waals surface area contributed by atoms with Crippen LogP contribution in [-0.4, -0.2) is 47.8 Å². The lowest BCUT2D eigenvalue weighted by molar-refractivity contribution is 0.1000. The molecule has 3 heterocycles. The van der Waals surface area contributed by atoms with Crippen molar-refractivity contribution in [2.75, 3.05) is 20.3 Å². The summed E-state index contributed by atoms with van der Waals surface area (Å²) in [5, 5.41) is 24.2. The summed E-state index contributed by atoms with van der Waals surface area (Å²) in [6.07, 6.45) is 0. The Morgan fingerprint density at radius 2 is 2.41 bits per heavy atom. The molecule has 3 rings (SSSR count). The predicted octanol–water partition coefficient (Wildman–Crippen LogP) is 0.962. The summed E-state index contributed by atoms with van der Waals surface area (Å²) in [4.78, 5) is 25.8. The van der Waals surface area contributed by atoms with Gasteiger partial charge in [0.1, 0.15) is 11.5 Å². The Labute approximate surface area is 129 Å². The van der Waals surface area contributed by atoms with Gasteiger partial charge in [-0.25, -0.2) is 4.79 Å². The minimum atomic E-state index is -0.324. The number of nitrogens with zero attached hydrogens (tertiary/aromatic N) is 4. The van der Waals surface area contributed by atoms with Gasteiger partial charge in [-0.1, -0.05) is 11.3 Å². The number of nitrogens with one attached hydrogen (secondary N) is 3. The lowest BCUT2D eigenvalue weighted by atomic mass is 10.3. The third-order valence-electron chi connectivity index (χ3n) is 3.15. The average Bonchev–Trinajstić information content (AvgIpc) is 3.17.